The van der Waals surface area contributed by atoms with Crippen LogP contribution in [0.5, 0.6) is 11.5 Å². The number of nitrogens with one attached hydrogen (secondary N) is 1. The van der Waals surface area contributed by atoms with Gasteiger partial charge in [-0.05, 0) is 42.8 Å². The molecule has 2 heterocycles. The third kappa shape index (κ3) is 3.85. The molecule has 1 aliphatic heterocycles. The molecule has 3 aromatic rings. The third-order valence-electron chi connectivity index (χ3n) is 5.82. The number of benzene rings is 2. The SMILES string of the molecule is COc1ccc(OC)c([C@@H]2CCC[NH+]2Cc2cc(=O)oc3cc(C)c(Cl)cc23)c1. The highest BCUT2D eigenvalue weighted by molar-refractivity contribution is 6.32. The first-order chi connectivity index (χ1) is 14.0. The molecule has 1 fully saturated rings. The second kappa shape index (κ2) is 8.09. The van der Waals surface area contributed by atoms with E-state index < -0.39 is 0 Å². The molecule has 2 aromatic carbocycles. The Morgan fingerprint density at radius 2 is 2.00 bits per heavy atom. The van der Waals surface area contributed by atoms with Crippen LogP contribution in [0.4, 0.5) is 0 Å². The molecule has 29 heavy (non-hydrogen) atoms. The van der Waals surface area contributed by atoms with Crippen LogP contribution in [-0.2, 0) is 6.54 Å². The molecular formula is C23H25ClNO4+. The van der Waals surface area contributed by atoms with Crippen molar-refractivity contribution in [2.24, 2.45) is 0 Å². The Hall–Kier alpha value is -2.50. The first-order valence-electron chi connectivity index (χ1n) is 9.79. The summed E-state index contributed by atoms with van der Waals surface area (Å²) in [5, 5.41) is 1.57. The molecule has 1 aliphatic rings. The van der Waals surface area contributed by atoms with E-state index >= 15 is 0 Å². The minimum atomic E-state index is -0.330. The summed E-state index contributed by atoms with van der Waals surface area (Å²) in [4.78, 5) is 13.6. The summed E-state index contributed by atoms with van der Waals surface area (Å²) < 4.78 is 16.5. The predicted octanol–water partition coefficient (Wildman–Crippen LogP) is 3.69. The van der Waals surface area contributed by atoms with E-state index in [1.165, 1.54) is 4.90 Å². The van der Waals surface area contributed by atoms with Crippen LogP contribution < -0.4 is 20.0 Å². The van der Waals surface area contributed by atoms with E-state index in [0.717, 1.165) is 53.0 Å². The van der Waals surface area contributed by atoms with Crippen LogP contribution in [0.25, 0.3) is 11.0 Å². The van der Waals surface area contributed by atoms with Crippen LogP contribution >= 0.6 is 11.6 Å². The number of likely N-dealkylation sites (tertiary alicyclic amines) is 1. The molecule has 152 valence electrons. The summed E-state index contributed by atoms with van der Waals surface area (Å²) in [6, 6.07) is 11.5. The van der Waals surface area contributed by atoms with Gasteiger partial charge in [-0.3, -0.25) is 0 Å². The van der Waals surface area contributed by atoms with Gasteiger partial charge in [0.2, 0.25) is 0 Å². The number of aryl methyl sites for hydroxylation is 1. The number of methoxy groups -OCH3 is 2. The van der Waals surface area contributed by atoms with Crippen molar-refractivity contribution < 1.29 is 18.8 Å². The lowest BCUT2D eigenvalue weighted by molar-refractivity contribution is -0.931. The number of quaternary nitrogens is 1. The molecular weight excluding hydrogens is 390 g/mol. The maximum absolute atomic E-state index is 12.2. The van der Waals surface area contributed by atoms with Gasteiger partial charge in [-0.15, -0.1) is 0 Å². The van der Waals surface area contributed by atoms with Gasteiger partial charge in [0.1, 0.15) is 29.7 Å². The lowest BCUT2D eigenvalue weighted by atomic mass is 10.0. The Bertz CT molecular complexity index is 1110. The maximum Gasteiger partial charge on any atom is 0.336 e. The molecule has 6 heteroatoms. The first kappa shape index (κ1) is 19.8. The van der Waals surface area contributed by atoms with Crippen molar-refractivity contribution >= 4 is 22.6 Å². The minimum Gasteiger partial charge on any atom is -0.497 e. The van der Waals surface area contributed by atoms with Gasteiger partial charge in [-0.1, -0.05) is 11.6 Å². The van der Waals surface area contributed by atoms with Crippen molar-refractivity contribution in [3.05, 3.63) is 68.5 Å². The summed E-state index contributed by atoms with van der Waals surface area (Å²) >= 11 is 6.36. The standard InChI is InChI=1S/C23H24ClNO4/c1-14-9-22-17(12-19(14)24)15(10-23(26)29-22)13-25-8-4-5-20(25)18-11-16(27-2)6-7-21(18)28-3/h6-7,9-12,20H,4-5,8,13H2,1-3H3/p+1/t20-/m0/s1. The van der Waals surface area contributed by atoms with E-state index in [1.54, 1.807) is 20.3 Å². The maximum atomic E-state index is 12.2. The van der Waals surface area contributed by atoms with Gasteiger partial charge >= 0.3 is 5.63 Å². The zero-order chi connectivity index (χ0) is 20.5. The number of hydrogen-bond donors (Lipinski definition) is 1. The van der Waals surface area contributed by atoms with Crippen LogP contribution in [0.2, 0.25) is 5.02 Å². The summed E-state index contributed by atoms with van der Waals surface area (Å²) in [5.41, 5.74) is 3.25. The van der Waals surface area contributed by atoms with Crippen LogP contribution in [0.3, 0.4) is 0 Å². The average Bonchev–Trinajstić information content (AvgIpc) is 3.17. The smallest absolute Gasteiger partial charge is 0.336 e. The molecule has 0 spiro atoms. The summed E-state index contributed by atoms with van der Waals surface area (Å²) in [5.74, 6) is 1.69. The number of halogens is 1. The Morgan fingerprint density at radius 3 is 2.76 bits per heavy atom. The highest BCUT2D eigenvalue weighted by Crippen LogP contribution is 2.32. The fourth-order valence-corrected chi connectivity index (χ4v) is 4.51. The molecule has 0 bridgehead atoms. The van der Waals surface area contributed by atoms with Crippen molar-refractivity contribution in [3.8, 4) is 11.5 Å². The zero-order valence-corrected chi connectivity index (χ0v) is 17.6. The van der Waals surface area contributed by atoms with E-state index in [4.69, 9.17) is 25.5 Å². The monoisotopic (exact) mass is 414 g/mol. The van der Waals surface area contributed by atoms with Crippen LogP contribution in [-0.4, -0.2) is 20.8 Å². The first-order valence-corrected chi connectivity index (χ1v) is 10.2. The molecule has 1 N–H and O–H groups in total. The molecule has 0 amide bonds. The number of ether oxygens (including phenoxy) is 2. The van der Waals surface area contributed by atoms with E-state index in [2.05, 4.69) is 6.07 Å². The molecule has 0 aliphatic carbocycles. The van der Waals surface area contributed by atoms with E-state index in [-0.39, 0.29) is 11.7 Å². The fourth-order valence-electron chi connectivity index (χ4n) is 4.35. The van der Waals surface area contributed by atoms with Crippen molar-refractivity contribution in [2.45, 2.75) is 32.4 Å². The van der Waals surface area contributed by atoms with Gasteiger partial charge in [-0.25, -0.2) is 4.79 Å². The lowest BCUT2D eigenvalue weighted by Gasteiger charge is -2.24. The minimum absolute atomic E-state index is 0.267. The Balaban J connectivity index is 1.73. The van der Waals surface area contributed by atoms with E-state index in [0.29, 0.717) is 17.2 Å². The molecule has 1 saturated heterocycles. The zero-order valence-electron chi connectivity index (χ0n) is 16.9. The quantitative estimate of drug-likeness (QED) is 0.647. The largest absolute Gasteiger partial charge is 0.497 e. The van der Waals surface area contributed by atoms with Gasteiger partial charge in [-0.2, -0.15) is 0 Å². The molecule has 1 aromatic heterocycles. The Labute approximate surface area is 174 Å². The van der Waals surface area contributed by atoms with Crippen molar-refractivity contribution in [2.75, 3.05) is 20.8 Å². The van der Waals surface area contributed by atoms with E-state index in [1.807, 2.05) is 31.2 Å². The predicted molar refractivity (Wildman–Crippen MR) is 113 cm³/mol. The fraction of sp³-hybridized carbons (Fsp3) is 0.348. The Kier molecular flexibility index (Phi) is 5.52. The number of hydrogen-bond acceptors (Lipinski definition) is 4. The molecule has 0 radical (unpaired) electrons. The second-order valence-electron chi connectivity index (χ2n) is 7.58. The van der Waals surface area contributed by atoms with Crippen LogP contribution in [0.15, 0.2) is 45.6 Å². The molecule has 2 atom stereocenters. The van der Waals surface area contributed by atoms with Gasteiger partial charge < -0.3 is 18.8 Å². The van der Waals surface area contributed by atoms with Crippen molar-refractivity contribution in [1.82, 2.24) is 0 Å². The van der Waals surface area contributed by atoms with E-state index in [9.17, 15) is 4.79 Å². The number of rotatable bonds is 5. The van der Waals surface area contributed by atoms with Gasteiger partial charge in [0.15, 0.2) is 0 Å². The second-order valence-corrected chi connectivity index (χ2v) is 7.98. The molecule has 4 rings (SSSR count). The summed E-state index contributed by atoms with van der Waals surface area (Å²) in [7, 11) is 3.37. The third-order valence-corrected chi connectivity index (χ3v) is 6.23. The van der Waals surface area contributed by atoms with Crippen molar-refractivity contribution in [3.63, 3.8) is 0 Å². The van der Waals surface area contributed by atoms with Crippen LogP contribution in [0, 0.1) is 6.92 Å². The lowest BCUT2D eigenvalue weighted by Crippen LogP contribution is -3.08. The average molecular weight is 415 g/mol. The molecule has 5 nitrogen and oxygen atoms in total. The Morgan fingerprint density at radius 1 is 1.17 bits per heavy atom. The van der Waals surface area contributed by atoms with Crippen molar-refractivity contribution in [1.29, 1.82) is 0 Å². The molecule has 0 saturated carbocycles. The van der Waals surface area contributed by atoms with Gasteiger partial charge in [0.05, 0.1) is 26.3 Å². The molecule has 1 unspecified atom stereocenters. The van der Waals surface area contributed by atoms with Gasteiger partial charge in [0.25, 0.3) is 0 Å². The van der Waals surface area contributed by atoms with Crippen LogP contribution in [0.1, 0.15) is 35.6 Å². The highest BCUT2D eigenvalue weighted by atomic mass is 35.5. The summed E-state index contributed by atoms with van der Waals surface area (Å²) in [6.07, 6.45) is 2.16. The summed E-state index contributed by atoms with van der Waals surface area (Å²) in [6.45, 7) is 3.64. The van der Waals surface area contributed by atoms with Gasteiger partial charge in [0, 0.05) is 34.9 Å². The number of fused-ring (bicyclic) bond motifs is 1. The normalized spacial score (nSPS) is 18.9. The topological polar surface area (TPSA) is 53.1 Å². The highest BCUT2D eigenvalue weighted by Gasteiger charge is 2.33.